The SMILES string of the molecule is Cc1ccc(C(=O)N(CCC(C)C)CC(=O)Nc2nccs2)cc1. The van der Waals surface area contributed by atoms with Crippen LogP contribution in [0.3, 0.4) is 0 Å². The van der Waals surface area contributed by atoms with Crippen molar-refractivity contribution in [2.75, 3.05) is 18.4 Å². The minimum absolute atomic E-state index is 0.0268. The van der Waals surface area contributed by atoms with Crippen LogP contribution in [-0.2, 0) is 4.79 Å². The van der Waals surface area contributed by atoms with Crippen molar-refractivity contribution in [2.45, 2.75) is 27.2 Å². The van der Waals surface area contributed by atoms with Crippen molar-refractivity contribution in [3.05, 3.63) is 47.0 Å². The number of aromatic nitrogens is 1. The number of carbonyl (C=O) groups is 2. The second-order valence-electron chi connectivity index (χ2n) is 6.16. The van der Waals surface area contributed by atoms with Crippen molar-refractivity contribution >= 4 is 28.3 Å². The van der Waals surface area contributed by atoms with Crippen LogP contribution in [0.15, 0.2) is 35.8 Å². The van der Waals surface area contributed by atoms with E-state index in [2.05, 4.69) is 24.1 Å². The highest BCUT2D eigenvalue weighted by Crippen LogP contribution is 2.12. The minimum atomic E-state index is -0.228. The monoisotopic (exact) mass is 345 g/mol. The summed E-state index contributed by atoms with van der Waals surface area (Å²) < 4.78 is 0. The molecule has 0 radical (unpaired) electrons. The molecular weight excluding hydrogens is 322 g/mol. The molecule has 5 nitrogen and oxygen atoms in total. The molecule has 2 aromatic rings. The first-order valence-electron chi connectivity index (χ1n) is 8.01. The van der Waals surface area contributed by atoms with E-state index in [9.17, 15) is 9.59 Å². The summed E-state index contributed by atoms with van der Waals surface area (Å²) in [6, 6.07) is 7.42. The lowest BCUT2D eigenvalue weighted by molar-refractivity contribution is -0.116. The van der Waals surface area contributed by atoms with Gasteiger partial charge in [0.05, 0.1) is 0 Å². The van der Waals surface area contributed by atoms with Gasteiger partial charge in [0.1, 0.15) is 6.54 Å². The molecule has 128 valence electrons. The van der Waals surface area contributed by atoms with E-state index in [-0.39, 0.29) is 18.4 Å². The Labute approximate surface area is 146 Å². The minimum Gasteiger partial charge on any atom is -0.329 e. The lowest BCUT2D eigenvalue weighted by Crippen LogP contribution is -2.39. The van der Waals surface area contributed by atoms with Crippen LogP contribution in [0.25, 0.3) is 0 Å². The second kappa shape index (κ2) is 8.59. The molecule has 6 heteroatoms. The van der Waals surface area contributed by atoms with Crippen LogP contribution in [0.1, 0.15) is 36.2 Å². The van der Waals surface area contributed by atoms with Crippen LogP contribution in [0.4, 0.5) is 5.13 Å². The number of carbonyl (C=O) groups excluding carboxylic acids is 2. The molecule has 0 aliphatic heterocycles. The predicted molar refractivity (Wildman–Crippen MR) is 97.3 cm³/mol. The van der Waals surface area contributed by atoms with E-state index in [1.165, 1.54) is 11.3 Å². The molecule has 0 spiro atoms. The normalized spacial score (nSPS) is 10.7. The second-order valence-corrected chi connectivity index (χ2v) is 7.06. The van der Waals surface area contributed by atoms with Gasteiger partial charge in [-0.1, -0.05) is 31.5 Å². The summed E-state index contributed by atoms with van der Waals surface area (Å²) in [5.74, 6) is 0.111. The summed E-state index contributed by atoms with van der Waals surface area (Å²) >= 11 is 1.36. The highest BCUT2D eigenvalue weighted by Gasteiger charge is 2.19. The molecule has 0 unspecified atom stereocenters. The third-order valence-electron chi connectivity index (χ3n) is 3.58. The quantitative estimate of drug-likeness (QED) is 0.834. The molecule has 1 aromatic carbocycles. The first kappa shape index (κ1) is 18.1. The van der Waals surface area contributed by atoms with Gasteiger partial charge in [0.15, 0.2) is 5.13 Å². The third-order valence-corrected chi connectivity index (χ3v) is 4.26. The Hall–Kier alpha value is -2.21. The number of rotatable bonds is 7. The number of hydrogen-bond acceptors (Lipinski definition) is 4. The largest absolute Gasteiger partial charge is 0.329 e. The van der Waals surface area contributed by atoms with Gasteiger partial charge in [-0.15, -0.1) is 11.3 Å². The van der Waals surface area contributed by atoms with Gasteiger partial charge in [-0.3, -0.25) is 9.59 Å². The highest BCUT2D eigenvalue weighted by atomic mass is 32.1. The van der Waals surface area contributed by atoms with E-state index in [4.69, 9.17) is 0 Å². The predicted octanol–water partition coefficient (Wildman–Crippen LogP) is 3.58. The van der Waals surface area contributed by atoms with E-state index in [0.29, 0.717) is 23.2 Å². The van der Waals surface area contributed by atoms with Gasteiger partial charge in [0, 0.05) is 23.7 Å². The average molecular weight is 345 g/mol. The van der Waals surface area contributed by atoms with Crippen LogP contribution in [-0.4, -0.2) is 34.8 Å². The van der Waals surface area contributed by atoms with Crippen molar-refractivity contribution in [3.63, 3.8) is 0 Å². The van der Waals surface area contributed by atoms with Gasteiger partial charge in [0.25, 0.3) is 5.91 Å². The first-order chi connectivity index (χ1) is 11.5. The van der Waals surface area contributed by atoms with Gasteiger partial charge < -0.3 is 10.2 Å². The number of benzene rings is 1. The van der Waals surface area contributed by atoms with E-state index in [1.54, 1.807) is 28.6 Å². The summed E-state index contributed by atoms with van der Waals surface area (Å²) in [5, 5.41) is 5.07. The summed E-state index contributed by atoms with van der Waals surface area (Å²) in [4.78, 5) is 30.6. The standard InChI is InChI=1S/C18H23N3O2S/c1-13(2)8-10-21(12-16(22)20-18-19-9-11-24-18)17(23)15-6-4-14(3)5-7-15/h4-7,9,11,13H,8,10,12H2,1-3H3,(H,19,20,22). The van der Waals surface area contributed by atoms with Gasteiger partial charge in [-0.25, -0.2) is 4.98 Å². The molecule has 2 amide bonds. The van der Waals surface area contributed by atoms with Crippen LogP contribution in [0.5, 0.6) is 0 Å². The van der Waals surface area contributed by atoms with Gasteiger partial charge >= 0.3 is 0 Å². The smallest absolute Gasteiger partial charge is 0.254 e. The van der Waals surface area contributed by atoms with E-state index < -0.39 is 0 Å². The molecule has 2 rings (SSSR count). The molecule has 0 aliphatic rings. The molecule has 24 heavy (non-hydrogen) atoms. The number of nitrogens with one attached hydrogen (secondary N) is 1. The Balaban J connectivity index is 2.06. The molecule has 0 fully saturated rings. The van der Waals surface area contributed by atoms with Gasteiger partial charge in [-0.2, -0.15) is 0 Å². The molecule has 0 saturated carbocycles. The lowest BCUT2D eigenvalue weighted by Gasteiger charge is -2.23. The zero-order chi connectivity index (χ0) is 17.5. The summed E-state index contributed by atoms with van der Waals surface area (Å²) in [6.45, 7) is 6.76. The highest BCUT2D eigenvalue weighted by molar-refractivity contribution is 7.13. The Morgan fingerprint density at radius 2 is 1.96 bits per heavy atom. The molecule has 0 atom stereocenters. The van der Waals surface area contributed by atoms with Crippen molar-refractivity contribution in [1.82, 2.24) is 9.88 Å². The molecule has 0 aliphatic carbocycles. The number of amides is 2. The molecule has 1 heterocycles. The number of aryl methyl sites for hydroxylation is 1. The Morgan fingerprint density at radius 3 is 2.54 bits per heavy atom. The maximum atomic E-state index is 12.7. The summed E-state index contributed by atoms with van der Waals surface area (Å²) in [5.41, 5.74) is 1.70. The van der Waals surface area contributed by atoms with Crippen molar-refractivity contribution in [1.29, 1.82) is 0 Å². The molecular formula is C18H23N3O2S. The summed E-state index contributed by atoms with van der Waals surface area (Å²) in [7, 11) is 0. The van der Waals surface area contributed by atoms with Crippen LogP contribution in [0.2, 0.25) is 0 Å². The van der Waals surface area contributed by atoms with E-state index >= 15 is 0 Å². The zero-order valence-electron chi connectivity index (χ0n) is 14.3. The van der Waals surface area contributed by atoms with Crippen LogP contribution < -0.4 is 5.32 Å². The molecule has 1 aromatic heterocycles. The summed E-state index contributed by atoms with van der Waals surface area (Å²) in [6.07, 6.45) is 2.48. The topological polar surface area (TPSA) is 62.3 Å². The molecule has 1 N–H and O–H groups in total. The third kappa shape index (κ3) is 5.45. The van der Waals surface area contributed by atoms with Crippen LogP contribution >= 0.6 is 11.3 Å². The zero-order valence-corrected chi connectivity index (χ0v) is 15.1. The number of hydrogen-bond donors (Lipinski definition) is 1. The van der Waals surface area contributed by atoms with Gasteiger partial charge in [0.2, 0.25) is 5.91 Å². The maximum Gasteiger partial charge on any atom is 0.254 e. The van der Waals surface area contributed by atoms with E-state index in [1.807, 2.05) is 19.1 Å². The van der Waals surface area contributed by atoms with E-state index in [0.717, 1.165) is 12.0 Å². The van der Waals surface area contributed by atoms with Gasteiger partial charge in [-0.05, 0) is 31.4 Å². The lowest BCUT2D eigenvalue weighted by atomic mass is 10.1. The fourth-order valence-electron chi connectivity index (χ4n) is 2.16. The Kier molecular flexibility index (Phi) is 6.49. The average Bonchev–Trinajstić information content (AvgIpc) is 3.04. The van der Waals surface area contributed by atoms with Crippen molar-refractivity contribution in [2.24, 2.45) is 5.92 Å². The Morgan fingerprint density at radius 1 is 1.25 bits per heavy atom. The number of thiazole rings is 1. The fraction of sp³-hybridized carbons (Fsp3) is 0.389. The van der Waals surface area contributed by atoms with Crippen molar-refractivity contribution < 1.29 is 9.59 Å². The molecule has 0 bridgehead atoms. The number of nitrogens with zero attached hydrogens (tertiary/aromatic N) is 2. The number of anilines is 1. The van der Waals surface area contributed by atoms with Crippen LogP contribution in [0, 0.1) is 12.8 Å². The first-order valence-corrected chi connectivity index (χ1v) is 8.89. The molecule has 0 saturated heterocycles. The Bertz CT molecular complexity index is 666. The van der Waals surface area contributed by atoms with Crippen molar-refractivity contribution in [3.8, 4) is 0 Å². The fourth-order valence-corrected chi connectivity index (χ4v) is 2.71. The maximum absolute atomic E-state index is 12.7.